The molecule has 0 spiro atoms. The summed E-state index contributed by atoms with van der Waals surface area (Å²) >= 11 is 0. The lowest BCUT2D eigenvalue weighted by molar-refractivity contribution is -0.0502. The lowest BCUT2D eigenvalue weighted by Gasteiger charge is -2.16. The van der Waals surface area contributed by atoms with Crippen LogP contribution in [0.25, 0.3) is 16.9 Å². The summed E-state index contributed by atoms with van der Waals surface area (Å²) in [5.74, 6) is 1.12. The number of rotatable bonds is 12. The number of carbonyl (C=O) groups excluding carboxylic acids is 1. The van der Waals surface area contributed by atoms with E-state index in [9.17, 15) is 13.6 Å². The zero-order valence-corrected chi connectivity index (χ0v) is 20.7. The number of alkyl halides is 2. The minimum atomic E-state index is -3.08. The number of halogens is 2. The van der Waals surface area contributed by atoms with Crippen LogP contribution >= 0.6 is 0 Å². The van der Waals surface area contributed by atoms with Gasteiger partial charge in [0.2, 0.25) is 0 Å². The van der Waals surface area contributed by atoms with Crippen LogP contribution in [0.15, 0.2) is 36.7 Å². The molecule has 198 valence electrons. The molecular formula is C27H31F2N3O5. The Kier molecular flexibility index (Phi) is 7.57. The Hall–Kier alpha value is -3.24. The van der Waals surface area contributed by atoms with Crippen molar-refractivity contribution in [2.24, 2.45) is 11.8 Å². The van der Waals surface area contributed by atoms with Gasteiger partial charge in [0.25, 0.3) is 0 Å². The van der Waals surface area contributed by atoms with E-state index in [0.29, 0.717) is 47.6 Å². The molecule has 0 radical (unpaired) electrons. The molecule has 3 aromatic rings. The zero-order chi connectivity index (χ0) is 25.9. The van der Waals surface area contributed by atoms with Gasteiger partial charge in [-0.05, 0) is 49.9 Å². The molecule has 0 bridgehead atoms. The molecule has 0 unspecified atom stereocenters. The Balaban J connectivity index is 1.38. The van der Waals surface area contributed by atoms with Crippen LogP contribution in [0.3, 0.4) is 0 Å². The van der Waals surface area contributed by atoms with Crippen LogP contribution in [0.1, 0.15) is 36.0 Å². The van der Waals surface area contributed by atoms with E-state index in [-0.39, 0.29) is 35.9 Å². The van der Waals surface area contributed by atoms with Crippen LogP contribution in [-0.4, -0.2) is 71.7 Å². The SMILES string of the molecule is COc1cc(-c2cnc3cc(OC[C@H]4CCN(CCO)C4)ccn23)cc(OC(F)F)c1C(=O)CC1CC1. The van der Waals surface area contributed by atoms with Crippen molar-refractivity contribution in [3.05, 3.63) is 42.2 Å². The van der Waals surface area contributed by atoms with E-state index in [1.807, 2.05) is 22.7 Å². The number of nitrogens with zero attached hydrogens (tertiary/aromatic N) is 3. The minimum absolute atomic E-state index is 0.0485. The van der Waals surface area contributed by atoms with Gasteiger partial charge in [-0.1, -0.05) is 0 Å². The summed E-state index contributed by atoms with van der Waals surface area (Å²) in [5.41, 5.74) is 1.85. The minimum Gasteiger partial charge on any atom is -0.496 e. The molecule has 8 nitrogen and oxygen atoms in total. The largest absolute Gasteiger partial charge is 0.496 e. The number of aliphatic hydroxyl groups is 1. The summed E-state index contributed by atoms with van der Waals surface area (Å²) in [6, 6.07) is 6.76. The Bertz CT molecular complexity index is 1260. The summed E-state index contributed by atoms with van der Waals surface area (Å²) in [6.45, 7) is 0.207. The van der Waals surface area contributed by atoms with E-state index in [4.69, 9.17) is 19.3 Å². The number of β-amino-alcohol motifs (C(OH)–C–C–N with tert-alkyl or cyclic N) is 1. The maximum Gasteiger partial charge on any atom is 0.387 e. The molecule has 1 aliphatic carbocycles. The van der Waals surface area contributed by atoms with E-state index in [1.54, 1.807) is 12.3 Å². The van der Waals surface area contributed by atoms with Gasteiger partial charge in [0.15, 0.2) is 5.78 Å². The quantitative estimate of drug-likeness (QED) is 0.360. The molecule has 1 saturated heterocycles. The van der Waals surface area contributed by atoms with E-state index in [1.165, 1.54) is 13.2 Å². The summed E-state index contributed by atoms with van der Waals surface area (Å²) < 4.78 is 44.6. The van der Waals surface area contributed by atoms with Crippen LogP contribution < -0.4 is 14.2 Å². The summed E-state index contributed by atoms with van der Waals surface area (Å²) in [4.78, 5) is 19.6. The van der Waals surface area contributed by atoms with Crippen LogP contribution in [0.5, 0.6) is 17.2 Å². The summed E-state index contributed by atoms with van der Waals surface area (Å²) in [5, 5.41) is 9.12. The molecule has 10 heteroatoms. The van der Waals surface area contributed by atoms with Crippen molar-refractivity contribution < 1.29 is 32.9 Å². The second kappa shape index (κ2) is 11.0. The molecule has 2 fully saturated rings. The molecule has 37 heavy (non-hydrogen) atoms. The third-order valence-electron chi connectivity index (χ3n) is 7.00. The lowest BCUT2D eigenvalue weighted by Crippen LogP contribution is -2.25. The van der Waals surface area contributed by atoms with E-state index in [0.717, 1.165) is 32.4 Å². The number of likely N-dealkylation sites (tertiary alicyclic amines) is 1. The van der Waals surface area contributed by atoms with Crippen molar-refractivity contribution in [2.75, 3.05) is 40.0 Å². The van der Waals surface area contributed by atoms with Crippen molar-refractivity contribution in [3.63, 3.8) is 0 Å². The second-order valence-electron chi connectivity index (χ2n) is 9.72. The van der Waals surface area contributed by atoms with Gasteiger partial charge in [0.05, 0.1) is 32.2 Å². The van der Waals surface area contributed by atoms with Crippen molar-refractivity contribution in [3.8, 4) is 28.5 Å². The van der Waals surface area contributed by atoms with Crippen LogP contribution in [0, 0.1) is 11.8 Å². The van der Waals surface area contributed by atoms with Gasteiger partial charge in [0.1, 0.15) is 28.5 Å². The number of fused-ring (bicyclic) bond motifs is 1. The first kappa shape index (κ1) is 25.4. The van der Waals surface area contributed by atoms with Gasteiger partial charge < -0.3 is 24.2 Å². The molecule has 2 aromatic heterocycles. The van der Waals surface area contributed by atoms with Crippen molar-refractivity contribution in [1.82, 2.24) is 14.3 Å². The summed E-state index contributed by atoms with van der Waals surface area (Å²) in [6.07, 6.45) is 6.69. The molecule has 0 amide bonds. The summed E-state index contributed by atoms with van der Waals surface area (Å²) in [7, 11) is 1.41. The van der Waals surface area contributed by atoms with E-state index >= 15 is 0 Å². The predicted octanol–water partition coefficient (Wildman–Crippen LogP) is 4.29. The Labute approximate surface area is 213 Å². The standard InChI is InChI=1S/C27H31F2N3O5/c1-35-23-11-19(12-24(37-27(28)29)26(23)22(34)10-17-2-3-17)21-14-30-25-13-20(5-7-32(21)25)36-16-18-4-6-31(15-18)8-9-33/h5,7,11-14,17-18,27,33H,2-4,6,8-10,15-16H2,1H3/t18-/m0/s1. The highest BCUT2D eigenvalue weighted by Crippen LogP contribution is 2.40. The third-order valence-corrected chi connectivity index (χ3v) is 7.00. The number of carbonyl (C=O) groups is 1. The fourth-order valence-electron chi connectivity index (χ4n) is 4.92. The molecule has 5 rings (SSSR count). The number of ketones is 1. The van der Waals surface area contributed by atoms with Crippen LogP contribution in [0.4, 0.5) is 8.78 Å². The maximum atomic E-state index is 13.3. The number of imidazole rings is 1. The number of Topliss-reactive ketones (excluding diaryl/α,β-unsaturated/α-hetero) is 1. The predicted molar refractivity (Wildman–Crippen MR) is 133 cm³/mol. The molecule has 1 atom stereocenters. The van der Waals surface area contributed by atoms with E-state index < -0.39 is 6.61 Å². The average molecular weight is 516 g/mol. The molecule has 1 aliphatic heterocycles. The second-order valence-corrected chi connectivity index (χ2v) is 9.72. The molecule has 1 N–H and O–H groups in total. The monoisotopic (exact) mass is 515 g/mol. The first-order valence-corrected chi connectivity index (χ1v) is 12.6. The smallest absolute Gasteiger partial charge is 0.387 e. The third kappa shape index (κ3) is 5.86. The molecule has 1 aromatic carbocycles. The number of aromatic nitrogens is 2. The molecular weight excluding hydrogens is 484 g/mol. The highest BCUT2D eigenvalue weighted by atomic mass is 19.3. The fraction of sp³-hybridized carbons (Fsp3) is 0.481. The highest BCUT2D eigenvalue weighted by molar-refractivity contribution is 6.02. The first-order valence-electron chi connectivity index (χ1n) is 12.6. The number of pyridine rings is 1. The topological polar surface area (TPSA) is 85.5 Å². The highest BCUT2D eigenvalue weighted by Gasteiger charge is 2.30. The number of methoxy groups -OCH3 is 1. The first-order chi connectivity index (χ1) is 17.9. The fourth-order valence-corrected chi connectivity index (χ4v) is 4.92. The van der Waals surface area contributed by atoms with Gasteiger partial charge >= 0.3 is 6.61 Å². The van der Waals surface area contributed by atoms with Crippen molar-refractivity contribution in [1.29, 1.82) is 0 Å². The number of benzene rings is 1. The number of hydrogen-bond donors (Lipinski definition) is 1. The van der Waals surface area contributed by atoms with Crippen LogP contribution in [0.2, 0.25) is 0 Å². The van der Waals surface area contributed by atoms with Gasteiger partial charge in [0, 0.05) is 43.3 Å². The average Bonchev–Trinajstić information content (AvgIpc) is 3.41. The maximum absolute atomic E-state index is 13.3. The van der Waals surface area contributed by atoms with Gasteiger partial charge in [-0.2, -0.15) is 8.78 Å². The normalized spacial score (nSPS) is 18.0. The van der Waals surface area contributed by atoms with Crippen LogP contribution in [-0.2, 0) is 0 Å². The molecule has 1 saturated carbocycles. The zero-order valence-electron chi connectivity index (χ0n) is 20.7. The number of ether oxygens (including phenoxy) is 3. The van der Waals surface area contributed by atoms with Gasteiger partial charge in [-0.3, -0.25) is 9.20 Å². The van der Waals surface area contributed by atoms with Crippen molar-refractivity contribution in [2.45, 2.75) is 32.3 Å². The Morgan fingerprint density at radius 2 is 2.00 bits per heavy atom. The van der Waals surface area contributed by atoms with Crippen molar-refractivity contribution >= 4 is 11.4 Å². The number of aliphatic hydroxyl groups excluding tert-OH is 1. The Morgan fingerprint density at radius 1 is 1.19 bits per heavy atom. The van der Waals surface area contributed by atoms with Gasteiger partial charge in [-0.15, -0.1) is 0 Å². The van der Waals surface area contributed by atoms with Gasteiger partial charge in [-0.25, -0.2) is 4.98 Å². The van der Waals surface area contributed by atoms with E-state index in [2.05, 4.69) is 9.88 Å². The molecule has 3 heterocycles. The lowest BCUT2D eigenvalue weighted by atomic mass is 10.00. The Morgan fingerprint density at radius 3 is 2.73 bits per heavy atom. The number of hydrogen-bond acceptors (Lipinski definition) is 7. The molecule has 2 aliphatic rings.